The van der Waals surface area contributed by atoms with Crippen LogP contribution in [0.2, 0.25) is 0 Å². The van der Waals surface area contributed by atoms with Gasteiger partial charge in [-0.15, -0.1) is 11.3 Å². The van der Waals surface area contributed by atoms with Crippen LogP contribution in [0.5, 0.6) is 0 Å². The lowest BCUT2D eigenvalue weighted by atomic mass is 10.1. The molecule has 1 atom stereocenters. The van der Waals surface area contributed by atoms with Gasteiger partial charge in [0.05, 0.1) is 12.6 Å². The first-order valence-corrected chi connectivity index (χ1v) is 7.00. The third-order valence-corrected chi connectivity index (χ3v) is 3.60. The summed E-state index contributed by atoms with van der Waals surface area (Å²) in [5.74, 6) is -0.392. The van der Waals surface area contributed by atoms with Crippen LogP contribution in [0.25, 0.3) is 0 Å². The fourth-order valence-electron chi connectivity index (χ4n) is 1.71. The van der Waals surface area contributed by atoms with E-state index in [2.05, 4.69) is 4.98 Å². The molecule has 1 heterocycles. The number of hydrogen-bond acceptors (Lipinski definition) is 5. The van der Waals surface area contributed by atoms with Gasteiger partial charge in [-0.25, -0.2) is 9.78 Å². The molecule has 0 fully saturated rings. The number of thiazole rings is 1. The predicted octanol–water partition coefficient (Wildman–Crippen LogP) is 2.56. The molecule has 0 bridgehead atoms. The Morgan fingerprint density at radius 2 is 2.16 bits per heavy atom. The summed E-state index contributed by atoms with van der Waals surface area (Å²) in [6.07, 6.45) is 0.705. The number of aromatic nitrogens is 1. The zero-order chi connectivity index (χ0) is 13.7. The average molecular weight is 276 g/mol. The predicted molar refractivity (Wildman–Crippen MR) is 75.1 cm³/mol. The van der Waals surface area contributed by atoms with E-state index in [4.69, 9.17) is 10.5 Å². The minimum atomic E-state index is -0.392. The molecule has 0 spiro atoms. The van der Waals surface area contributed by atoms with Crippen molar-refractivity contribution in [3.63, 3.8) is 0 Å². The SMILES string of the molecule is CCOC(=O)c1csc(C(N)Cc2ccccc2)n1. The van der Waals surface area contributed by atoms with E-state index in [-0.39, 0.29) is 6.04 Å². The highest BCUT2D eigenvalue weighted by Crippen LogP contribution is 2.20. The third-order valence-electron chi connectivity index (χ3n) is 2.62. The van der Waals surface area contributed by atoms with Crippen LogP contribution in [-0.4, -0.2) is 17.6 Å². The zero-order valence-electron chi connectivity index (χ0n) is 10.7. The van der Waals surface area contributed by atoms with Crippen molar-refractivity contribution < 1.29 is 9.53 Å². The number of nitrogens with two attached hydrogens (primary N) is 1. The molecule has 1 unspecified atom stereocenters. The molecule has 0 aliphatic heterocycles. The van der Waals surface area contributed by atoms with Crippen LogP contribution in [0.4, 0.5) is 0 Å². The van der Waals surface area contributed by atoms with Gasteiger partial charge in [0.15, 0.2) is 5.69 Å². The summed E-state index contributed by atoms with van der Waals surface area (Å²) < 4.78 is 4.90. The molecule has 2 aromatic rings. The molecule has 4 nitrogen and oxygen atoms in total. The fraction of sp³-hybridized carbons (Fsp3) is 0.286. The Hall–Kier alpha value is -1.72. The molecule has 2 N–H and O–H groups in total. The second-order valence-electron chi connectivity index (χ2n) is 4.09. The van der Waals surface area contributed by atoms with Gasteiger partial charge in [0.2, 0.25) is 0 Å². The number of carbonyl (C=O) groups is 1. The number of nitrogens with zero attached hydrogens (tertiary/aromatic N) is 1. The number of ether oxygens (including phenoxy) is 1. The molecule has 0 saturated carbocycles. The summed E-state index contributed by atoms with van der Waals surface area (Å²) in [5.41, 5.74) is 7.60. The van der Waals surface area contributed by atoms with Crippen molar-refractivity contribution in [2.75, 3.05) is 6.61 Å². The minimum Gasteiger partial charge on any atom is -0.461 e. The van der Waals surface area contributed by atoms with Gasteiger partial charge in [-0.3, -0.25) is 0 Å². The summed E-state index contributed by atoms with van der Waals surface area (Å²) in [6.45, 7) is 2.12. The van der Waals surface area contributed by atoms with Crippen LogP contribution in [0.15, 0.2) is 35.7 Å². The van der Waals surface area contributed by atoms with Gasteiger partial charge in [0.1, 0.15) is 5.01 Å². The summed E-state index contributed by atoms with van der Waals surface area (Å²) >= 11 is 1.39. The molecule has 100 valence electrons. The zero-order valence-corrected chi connectivity index (χ0v) is 11.5. The molecule has 0 aliphatic carbocycles. The normalized spacial score (nSPS) is 12.1. The highest BCUT2D eigenvalue weighted by atomic mass is 32.1. The van der Waals surface area contributed by atoms with Crippen LogP contribution in [-0.2, 0) is 11.2 Å². The Morgan fingerprint density at radius 3 is 2.84 bits per heavy atom. The van der Waals surface area contributed by atoms with E-state index in [0.29, 0.717) is 18.7 Å². The Morgan fingerprint density at radius 1 is 1.42 bits per heavy atom. The highest BCUT2D eigenvalue weighted by molar-refractivity contribution is 7.09. The first kappa shape index (κ1) is 13.7. The van der Waals surface area contributed by atoms with Crippen LogP contribution < -0.4 is 5.73 Å². The van der Waals surface area contributed by atoms with Crippen molar-refractivity contribution >= 4 is 17.3 Å². The first-order valence-electron chi connectivity index (χ1n) is 6.12. The summed E-state index contributed by atoms with van der Waals surface area (Å²) in [4.78, 5) is 15.8. The molecule has 5 heteroatoms. The van der Waals surface area contributed by atoms with E-state index in [9.17, 15) is 4.79 Å². The molecule has 0 saturated heterocycles. The Labute approximate surface area is 116 Å². The van der Waals surface area contributed by atoms with Crippen LogP contribution in [0.3, 0.4) is 0 Å². The number of benzene rings is 1. The van der Waals surface area contributed by atoms with Gasteiger partial charge in [0.25, 0.3) is 0 Å². The molecule has 0 amide bonds. The number of carbonyl (C=O) groups excluding carboxylic acids is 1. The molecular formula is C14H16N2O2S. The lowest BCUT2D eigenvalue weighted by Crippen LogP contribution is -2.14. The maximum Gasteiger partial charge on any atom is 0.357 e. The maximum atomic E-state index is 11.5. The highest BCUT2D eigenvalue weighted by Gasteiger charge is 2.16. The van der Waals surface area contributed by atoms with Gasteiger partial charge < -0.3 is 10.5 Å². The summed E-state index contributed by atoms with van der Waals surface area (Å²) in [5, 5.41) is 2.45. The fourth-order valence-corrected chi connectivity index (χ4v) is 2.50. The molecular weight excluding hydrogens is 260 g/mol. The van der Waals surface area contributed by atoms with Gasteiger partial charge in [-0.1, -0.05) is 30.3 Å². The van der Waals surface area contributed by atoms with Crippen molar-refractivity contribution in [1.82, 2.24) is 4.98 Å². The lowest BCUT2D eigenvalue weighted by Gasteiger charge is -2.08. The molecule has 1 aromatic carbocycles. The molecule has 0 radical (unpaired) electrons. The third kappa shape index (κ3) is 3.62. The van der Waals surface area contributed by atoms with Crippen molar-refractivity contribution in [1.29, 1.82) is 0 Å². The lowest BCUT2D eigenvalue weighted by molar-refractivity contribution is 0.0520. The molecule has 0 aliphatic rings. The number of rotatable bonds is 5. The largest absolute Gasteiger partial charge is 0.461 e. The van der Waals surface area contributed by atoms with Crippen molar-refractivity contribution in [3.8, 4) is 0 Å². The number of hydrogen-bond donors (Lipinski definition) is 1. The average Bonchev–Trinajstić information content (AvgIpc) is 2.90. The second-order valence-corrected chi connectivity index (χ2v) is 4.98. The smallest absolute Gasteiger partial charge is 0.357 e. The van der Waals surface area contributed by atoms with E-state index in [1.807, 2.05) is 30.3 Å². The maximum absolute atomic E-state index is 11.5. The van der Waals surface area contributed by atoms with E-state index < -0.39 is 5.97 Å². The van der Waals surface area contributed by atoms with Crippen LogP contribution in [0, 0.1) is 0 Å². The van der Waals surface area contributed by atoms with E-state index in [0.717, 1.165) is 10.6 Å². The minimum absolute atomic E-state index is 0.199. The molecule has 1 aromatic heterocycles. The summed E-state index contributed by atoms with van der Waals surface area (Å²) in [7, 11) is 0. The Balaban J connectivity index is 2.04. The Bertz CT molecular complexity index is 539. The van der Waals surface area contributed by atoms with Crippen LogP contribution >= 0.6 is 11.3 Å². The standard InChI is InChI=1S/C14H16N2O2S/c1-2-18-14(17)12-9-19-13(16-12)11(15)8-10-6-4-3-5-7-10/h3-7,9,11H,2,8,15H2,1H3. The second kappa shape index (κ2) is 6.45. The molecule has 2 rings (SSSR count). The van der Waals surface area contributed by atoms with E-state index in [1.54, 1.807) is 12.3 Å². The number of esters is 1. The van der Waals surface area contributed by atoms with Gasteiger partial charge in [-0.05, 0) is 18.9 Å². The van der Waals surface area contributed by atoms with E-state index >= 15 is 0 Å². The monoisotopic (exact) mass is 276 g/mol. The van der Waals surface area contributed by atoms with Gasteiger partial charge in [-0.2, -0.15) is 0 Å². The van der Waals surface area contributed by atoms with Gasteiger partial charge >= 0.3 is 5.97 Å². The van der Waals surface area contributed by atoms with Crippen molar-refractivity contribution in [2.45, 2.75) is 19.4 Å². The van der Waals surface area contributed by atoms with Crippen molar-refractivity contribution in [3.05, 3.63) is 52.0 Å². The van der Waals surface area contributed by atoms with E-state index in [1.165, 1.54) is 11.3 Å². The Kier molecular flexibility index (Phi) is 4.65. The van der Waals surface area contributed by atoms with Gasteiger partial charge in [0, 0.05) is 5.38 Å². The molecule has 19 heavy (non-hydrogen) atoms. The topological polar surface area (TPSA) is 65.2 Å². The summed E-state index contributed by atoms with van der Waals surface area (Å²) in [6, 6.07) is 9.79. The first-order chi connectivity index (χ1) is 9.20. The van der Waals surface area contributed by atoms with Crippen LogP contribution in [0.1, 0.15) is 34.0 Å². The quantitative estimate of drug-likeness (QED) is 0.852. The van der Waals surface area contributed by atoms with Crippen molar-refractivity contribution in [2.24, 2.45) is 5.73 Å².